The van der Waals surface area contributed by atoms with Crippen molar-refractivity contribution in [1.82, 2.24) is 0 Å². The highest BCUT2D eigenvalue weighted by Gasteiger charge is 1.99. The molecule has 0 amide bonds. The van der Waals surface area contributed by atoms with Gasteiger partial charge >= 0.3 is 0 Å². The van der Waals surface area contributed by atoms with Crippen LogP contribution < -0.4 is 0 Å². The van der Waals surface area contributed by atoms with Gasteiger partial charge < -0.3 is 4.74 Å². The summed E-state index contributed by atoms with van der Waals surface area (Å²) in [6, 6.07) is 10.1. The van der Waals surface area contributed by atoms with Crippen LogP contribution in [0.3, 0.4) is 0 Å². The Morgan fingerprint density at radius 2 is 1.93 bits per heavy atom. The average Bonchev–Trinajstić information content (AvgIpc) is 2.25. The van der Waals surface area contributed by atoms with Crippen LogP contribution in [0, 0.1) is 0 Å². The van der Waals surface area contributed by atoms with E-state index in [0.717, 1.165) is 11.3 Å². The van der Waals surface area contributed by atoms with Gasteiger partial charge in [-0.25, -0.2) is 4.99 Å². The van der Waals surface area contributed by atoms with Gasteiger partial charge in [-0.15, -0.1) is 0 Å². The number of hydrogen-bond donors (Lipinski definition) is 0. The molecule has 1 aromatic carbocycles. The van der Waals surface area contributed by atoms with Gasteiger partial charge in [0.2, 0.25) is 0 Å². The molecule has 1 rings (SSSR count). The third-order valence-corrected chi connectivity index (χ3v) is 1.94. The van der Waals surface area contributed by atoms with Crippen LogP contribution in [0.4, 0.5) is 0 Å². The second kappa shape index (κ2) is 6.02. The number of ether oxygens (including phenoxy) is 1. The highest BCUT2D eigenvalue weighted by Crippen LogP contribution is 2.19. The molecule has 0 unspecified atom stereocenters. The van der Waals surface area contributed by atoms with E-state index >= 15 is 0 Å². The van der Waals surface area contributed by atoms with Crippen molar-refractivity contribution in [2.24, 2.45) is 4.99 Å². The fourth-order valence-corrected chi connectivity index (χ4v) is 1.25. The average molecular weight is 203 g/mol. The zero-order valence-corrected chi connectivity index (χ0v) is 9.53. The Bertz CT molecular complexity index is 348. The van der Waals surface area contributed by atoms with Gasteiger partial charge in [0, 0.05) is 5.56 Å². The Labute approximate surface area is 91.3 Å². The monoisotopic (exact) mass is 203 g/mol. The van der Waals surface area contributed by atoms with Gasteiger partial charge in [-0.2, -0.15) is 0 Å². The molecule has 80 valence electrons. The molecule has 0 atom stereocenters. The molecule has 0 aromatic heterocycles. The van der Waals surface area contributed by atoms with Crippen LogP contribution in [0.15, 0.2) is 40.9 Å². The van der Waals surface area contributed by atoms with Gasteiger partial charge in [0.15, 0.2) is 6.40 Å². The number of aliphatic imine (C=N–C) groups is 1. The molecule has 0 radical (unpaired) electrons. The van der Waals surface area contributed by atoms with Crippen molar-refractivity contribution >= 4 is 12.1 Å². The number of benzene rings is 1. The quantitative estimate of drug-likeness (QED) is 0.542. The topological polar surface area (TPSA) is 21.6 Å². The zero-order chi connectivity index (χ0) is 11.1. The molecule has 1 aromatic rings. The lowest BCUT2D eigenvalue weighted by Crippen LogP contribution is -1.89. The van der Waals surface area contributed by atoms with Gasteiger partial charge in [0.05, 0.1) is 12.3 Å². The first-order chi connectivity index (χ1) is 7.25. The van der Waals surface area contributed by atoms with E-state index in [1.807, 2.05) is 51.1 Å². The summed E-state index contributed by atoms with van der Waals surface area (Å²) in [7, 11) is 0. The van der Waals surface area contributed by atoms with Crippen LogP contribution in [-0.2, 0) is 4.74 Å². The number of allylic oxidation sites excluding steroid dienone is 1. The fourth-order valence-electron chi connectivity index (χ4n) is 1.25. The lowest BCUT2D eigenvalue weighted by molar-refractivity contribution is 0.344. The van der Waals surface area contributed by atoms with Crippen molar-refractivity contribution in [2.45, 2.75) is 20.8 Å². The molecule has 0 heterocycles. The van der Waals surface area contributed by atoms with Crippen molar-refractivity contribution in [1.29, 1.82) is 0 Å². The van der Waals surface area contributed by atoms with E-state index in [9.17, 15) is 0 Å². The van der Waals surface area contributed by atoms with Crippen molar-refractivity contribution in [3.63, 3.8) is 0 Å². The van der Waals surface area contributed by atoms with E-state index in [1.165, 1.54) is 12.0 Å². The predicted molar refractivity (Wildman–Crippen MR) is 64.8 cm³/mol. The molecular formula is C13H17NO. The van der Waals surface area contributed by atoms with Gasteiger partial charge in [-0.1, -0.05) is 30.3 Å². The molecule has 0 aliphatic rings. The third kappa shape index (κ3) is 3.58. The summed E-state index contributed by atoms with van der Waals surface area (Å²) in [5, 5.41) is 0. The minimum atomic E-state index is 0.647. The molecule has 0 spiro atoms. The Morgan fingerprint density at radius 1 is 1.27 bits per heavy atom. The second-order valence-corrected chi connectivity index (χ2v) is 3.40. The maximum Gasteiger partial charge on any atom is 0.174 e. The van der Waals surface area contributed by atoms with E-state index in [0.29, 0.717) is 6.61 Å². The summed E-state index contributed by atoms with van der Waals surface area (Å²) in [6.45, 7) is 6.68. The first kappa shape index (κ1) is 11.5. The van der Waals surface area contributed by atoms with Gasteiger partial charge in [-0.3, -0.25) is 0 Å². The van der Waals surface area contributed by atoms with Crippen LogP contribution in [-0.4, -0.2) is 13.0 Å². The molecular weight excluding hydrogens is 186 g/mol. The minimum absolute atomic E-state index is 0.647. The largest absolute Gasteiger partial charge is 0.483 e. The number of rotatable bonds is 4. The number of nitrogens with zero attached hydrogens (tertiary/aromatic N) is 1. The van der Waals surface area contributed by atoms with Crippen LogP contribution in [0.1, 0.15) is 26.3 Å². The van der Waals surface area contributed by atoms with Crippen molar-refractivity contribution in [2.75, 3.05) is 6.61 Å². The molecule has 0 bridgehead atoms. The molecule has 0 saturated heterocycles. The smallest absolute Gasteiger partial charge is 0.174 e. The third-order valence-electron chi connectivity index (χ3n) is 1.94. The molecule has 0 aliphatic heterocycles. The Balaban J connectivity index is 2.91. The minimum Gasteiger partial charge on any atom is -0.483 e. The van der Waals surface area contributed by atoms with E-state index < -0.39 is 0 Å². The van der Waals surface area contributed by atoms with Crippen LogP contribution >= 0.6 is 0 Å². The summed E-state index contributed by atoms with van der Waals surface area (Å²) in [4.78, 5) is 4.32. The van der Waals surface area contributed by atoms with Gasteiger partial charge in [0.25, 0.3) is 0 Å². The summed E-state index contributed by atoms with van der Waals surface area (Å²) in [5.74, 6) is 0. The lowest BCUT2D eigenvalue weighted by Gasteiger charge is -2.04. The Kier molecular flexibility index (Phi) is 4.61. The molecule has 0 fully saturated rings. The lowest BCUT2D eigenvalue weighted by atomic mass is 10.1. The highest BCUT2D eigenvalue weighted by molar-refractivity contribution is 5.72. The maximum absolute atomic E-state index is 5.11. The zero-order valence-electron chi connectivity index (χ0n) is 9.53. The summed E-state index contributed by atoms with van der Waals surface area (Å²) in [6.07, 6.45) is 1.51. The van der Waals surface area contributed by atoms with Gasteiger partial charge in [0.1, 0.15) is 0 Å². The van der Waals surface area contributed by atoms with E-state index in [2.05, 4.69) is 4.99 Å². The Hall–Kier alpha value is -1.57. The Morgan fingerprint density at radius 3 is 2.47 bits per heavy atom. The first-order valence-corrected chi connectivity index (χ1v) is 5.12. The van der Waals surface area contributed by atoms with Crippen LogP contribution in [0.5, 0.6) is 0 Å². The van der Waals surface area contributed by atoms with Gasteiger partial charge in [-0.05, 0) is 26.3 Å². The molecule has 0 aliphatic carbocycles. The number of hydrogen-bond acceptors (Lipinski definition) is 2. The van der Waals surface area contributed by atoms with E-state index in [1.54, 1.807) is 0 Å². The van der Waals surface area contributed by atoms with Crippen molar-refractivity contribution in [3.8, 4) is 0 Å². The molecule has 2 heteroatoms. The maximum atomic E-state index is 5.11. The highest BCUT2D eigenvalue weighted by atomic mass is 16.5. The first-order valence-electron chi connectivity index (χ1n) is 5.12. The van der Waals surface area contributed by atoms with Crippen LogP contribution in [0.25, 0.3) is 5.70 Å². The molecule has 0 N–H and O–H groups in total. The normalized spacial score (nSPS) is 10.3. The summed E-state index contributed by atoms with van der Waals surface area (Å²) in [5.41, 5.74) is 3.27. The summed E-state index contributed by atoms with van der Waals surface area (Å²) < 4.78 is 5.11. The van der Waals surface area contributed by atoms with Crippen molar-refractivity contribution < 1.29 is 4.74 Å². The standard InChI is InChI=1S/C13H17NO/c1-4-15-10-14-13(11(2)3)12-8-6-5-7-9-12/h5-10H,4H2,1-3H3. The van der Waals surface area contributed by atoms with E-state index in [4.69, 9.17) is 4.74 Å². The molecule has 0 saturated carbocycles. The molecule has 2 nitrogen and oxygen atoms in total. The van der Waals surface area contributed by atoms with Crippen molar-refractivity contribution in [3.05, 3.63) is 41.5 Å². The fraction of sp³-hybridized carbons (Fsp3) is 0.308. The predicted octanol–water partition coefficient (Wildman–Crippen LogP) is 3.50. The second-order valence-electron chi connectivity index (χ2n) is 3.40. The van der Waals surface area contributed by atoms with E-state index in [-0.39, 0.29) is 0 Å². The SMILES string of the molecule is CCOC=NC(=C(C)C)c1ccccc1. The molecule has 15 heavy (non-hydrogen) atoms. The van der Waals surface area contributed by atoms with Crippen LogP contribution in [0.2, 0.25) is 0 Å². The summed E-state index contributed by atoms with van der Waals surface area (Å²) >= 11 is 0.